The molecule has 0 amide bonds. The molecule has 2 rings (SSSR count). The van der Waals surface area contributed by atoms with E-state index in [1.807, 2.05) is 33.2 Å². The van der Waals surface area contributed by atoms with Gasteiger partial charge in [-0.3, -0.25) is 4.68 Å². The van der Waals surface area contributed by atoms with E-state index in [-0.39, 0.29) is 0 Å². The second kappa shape index (κ2) is 4.35. The molecule has 5 heteroatoms. The SMILES string of the molecule is Cc1nc(C)c(C(O)Cc2ccn(C)n2)s1. The molecule has 0 aliphatic carbocycles. The lowest BCUT2D eigenvalue weighted by molar-refractivity contribution is 0.180. The van der Waals surface area contributed by atoms with Crippen molar-refractivity contribution in [2.45, 2.75) is 26.4 Å². The fourth-order valence-electron chi connectivity index (χ4n) is 1.72. The standard InChI is InChI=1S/C11H15N3OS/c1-7-11(16-8(2)12-7)10(15)6-9-4-5-14(3)13-9/h4-5,10,15H,6H2,1-3H3. The lowest BCUT2D eigenvalue weighted by Crippen LogP contribution is -2.02. The zero-order chi connectivity index (χ0) is 11.7. The molecule has 1 atom stereocenters. The van der Waals surface area contributed by atoms with Crippen molar-refractivity contribution >= 4 is 11.3 Å². The molecule has 16 heavy (non-hydrogen) atoms. The molecule has 2 aromatic heterocycles. The third kappa shape index (κ3) is 2.31. The zero-order valence-corrected chi connectivity index (χ0v) is 10.5. The van der Waals surface area contributed by atoms with E-state index in [0.717, 1.165) is 21.3 Å². The van der Waals surface area contributed by atoms with Crippen LogP contribution in [0.1, 0.15) is 27.4 Å². The van der Waals surface area contributed by atoms with Crippen LogP contribution in [0.3, 0.4) is 0 Å². The van der Waals surface area contributed by atoms with Crippen molar-refractivity contribution in [3.8, 4) is 0 Å². The van der Waals surface area contributed by atoms with Crippen LogP contribution >= 0.6 is 11.3 Å². The van der Waals surface area contributed by atoms with Gasteiger partial charge >= 0.3 is 0 Å². The molecule has 2 aromatic rings. The Bertz CT molecular complexity index is 489. The number of rotatable bonds is 3. The summed E-state index contributed by atoms with van der Waals surface area (Å²) in [5, 5.41) is 15.3. The Labute approximate surface area is 98.6 Å². The minimum Gasteiger partial charge on any atom is -0.387 e. The van der Waals surface area contributed by atoms with Gasteiger partial charge in [0.1, 0.15) is 0 Å². The summed E-state index contributed by atoms with van der Waals surface area (Å²) in [5.74, 6) is 0. The summed E-state index contributed by atoms with van der Waals surface area (Å²) in [6, 6.07) is 1.92. The average Bonchev–Trinajstić information content (AvgIpc) is 2.73. The molecular weight excluding hydrogens is 222 g/mol. The first kappa shape index (κ1) is 11.3. The molecule has 0 aliphatic heterocycles. The van der Waals surface area contributed by atoms with E-state index >= 15 is 0 Å². The van der Waals surface area contributed by atoms with Gasteiger partial charge in [-0.2, -0.15) is 5.10 Å². The minimum absolute atomic E-state index is 0.499. The van der Waals surface area contributed by atoms with Crippen LogP contribution in [0, 0.1) is 13.8 Å². The summed E-state index contributed by atoms with van der Waals surface area (Å²) in [5.41, 5.74) is 1.83. The lowest BCUT2D eigenvalue weighted by Gasteiger charge is -2.06. The van der Waals surface area contributed by atoms with Crippen LogP contribution in [0.25, 0.3) is 0 Å². The van der Waals surface area contributed by atoms with Crippen LogP contribution in [0.5, 0.6) is 0 Å². The van der Waals surface area contributed by atoms with Gasteiger partial charge in [0.15, 0.2) is 0 Å². The van der Waals surface area contributed by atoms with E-state index in [9.17, 15) is 5.11 Å². The van der Waals surface area contributed by atoms with Crippen molar-refractivity contribution < 1.29 is 5.11 Å². The highest BCUT2D eigenvalue weighted by molar-refractivity contribution is 7.11. The molecule has 0 fully saturated rings. The first-order valence-electron chi connectivity index (χ1n) is 5.17. The lowest BCUT2D eigenvalue weighted by atomic mass is 10.1. The molecule has 0 aromatic carbocycles. The maximum atomic E-state index is 10.1. The number of hydrogen-bond acceptors (Lipinski definition) is 4. The topological polar surface area (TPSA) is 50.9 Å². The van der Waals surface area contributed by atoms with Crippen LogP contribution in [0.4, 0.5) is 0 Å². The molecule has 0 saturated heterocycles. The average molecular weight is 237 g/mol. The van der Waals surface area contributed by atoms with Crippen LogP contribution in [0.15, 0.2) is 12.3 Å². The third-order valence-corrected chi connectivity index (χ3v) is 3.59. The summed E-state index contributed by atoms with van der Waals surface area (Å²) >= 11 is 1.55. The molecule has 1 N–H and O–H groups in total. The van der Waals surface area contributed by atoms with Crippen molar-refractivity contribution in [1.82, 2.24) is 14.8 Å². The number of aliphatic hydroxyl groups excluding tert-OH is 1. The van der Waals surface area contributed by atoms with E-state index in [0.29, 0.717) is 6.42 Å². The molecule has 0 aliphatic rings. The summed E-state index contributed by atoms with van der Waals surface area (Å²) in [6.45, 7) is 3.88. The number of aromatic nitrogens is 3. The molecule has 0 radical (unpaired) electrons. The molecule has 0 saturated carbocycles. The second-order valence-corrected chi connectivity index (χ2v) is 5.12. The summed E-state index contributed by atoms with van der Waals surface area (Å²) < 4.78 is 1.74. The van der Waals surface area contributed by atoms with Gasteiger partial charge in [0.2, 0.25) is 0 Å². The van der Waals surface area contributed by atoms with Crippen LogP contribution in [-0.2, 0) is 13.5 Å². The number of aliphatic hydroxyl groups is 1. The van der Waals surface area contributed by atoms with Gasteiger partial charge < -0.3 is 5.11 Å². The van der Waals surface area contributed by atoms with Gasteiger partial charge in [0.05, 0.1) is 27.4 Å². The molecule has 4 nitrogen and oxygen atoms in total. The van der Waals surface area contributed by atoms with E-state index in [4.69, 9.17) is 0 Å². The smallest absolute Gasteiger partial charge is 0.0956 e. The maximum absolute atomic E-state index is 10.1. The fraction of sp³-hybridized carbons (Fsp3) is 0.455. The summed E-state index contributed by atoms with van der Waals surface area (Å²) in [6.07, 6.45) is 1.93. The van der Waals surface area contributed by atoms with Crippen molar-refractivity contribution in [1.29, 1.82) is 0 Å². The van der Waals surface area contributed by atoms with Gasteiger partial charge in [-0.25, -0.2) is 4.98 Å². The van der Waals surface area contributed by atoms with E-state index in [1.165, 1.54) is 0 Å². The maximum Gasteiger partial charge on any atom is 0.0956 e. The second-order valence-electron chi connectivity index (χ2n) is 3.88. The molecule has 86 valence electrons. The Morgan fingerprint density at radius 1 is 1.50 bits per heavy atom. The van der Waals surface area contributed by atoms with E-state index < -0.39 is 6.10 Å². The van der Waals surface area contributed by atoms with Crippen molar-refractivity contribution in [2.24, 2.45) is 7.05 Å². The van der Waals surface area contributed by atoms with Crippen molar-refractivity contribution in [2.75, 3.05) is 0 Å². The molecule has 2 heterocycles. The van der Waals surface area contributed by atoms with Gasteiger partial charge in [-0.05, 0) is 19.9 Å². The number of thiazole rings is 1. The normalized spacial score (nSPS) is 13.0. The van der Waals surface area contributed by atoms with Crippen LogP contribution < -0.4 is 0 Å². The molecular formula is C11H15N3OS. The predicted molar refractivity (Wildman–Crippen MR) is 63.5 cm³/mol. The number of aryl methyl sites for hydroxylation is 3. The highest BCUT2D eigenvalue weighted by Gasteiger charge is 2.16. The number of nitrogens with zero attached hydrogens (tertiary/aromatic N) is 3. The number of hydrogen-bond donors (Lipinski definition) is 1. The monoisotopic (exact) mass is 237 g/mol. The summed E-state index contributed by atoms with van der Waals surface area (Å²) in [7, 11) is 1.87. The molecule has 0 bridgehead atoms. The third-order valence-electron chi connectivity index (χ3n) is 2.41. The van der Waals surface area contributed by atoms with Crippen molar-refractivity contribution in [3.05, 3.63) is 33.5 Å². The van der Waals surface area contributed by atoms with Gasteiger partial charge in [-0.1, -0.05) is 0 Å². The highest BCUT2D eigenvalue weighted by Crippen LogP contribution is 2.26. The molecule has 0 spiro atoms. The Morgan fingerprint density at radius 2 is 2.25 bits per heavy atom. The van der Waals surface area contributed by atoms with E-state index in [1.54, 1.807) is 16.0 Å². The molecule has 1 unspecified atom stereocenters. The van der Waals surface area contributed by atoms with Gasteiger partial charge in [-0.15, -0.1) is 11.3 Å². The van der Waals surface area contributed by atoms with Crippen LogP contribution in [-0.4, -0.2) is 19.9 Å². The predicted octanol–water partition coefficient (Wildman–Crippen LogP) is 1.77. The van der Waals surface area contributed by atoms with Gasteiger partial charge in [0.25, 0.3) is 0 Å². The summed E-state index contributed by atoms with van der Waals surface area (Å²) in [4.78, 5) is 5.26. The van der Waals surface area contributed by atoms with Crippen molar-refractivity contribution in [3.63, 3.8) is 0 Å². The Morgan fingerprint density at radius 3 is 2.75 bits per heavy atom. The zero-order valence-electron chi connectivity index (χ0n) is 9.64. The quantitative estimate of drug-likeness (QED) is 0.885. The largest absolute Gasteiger partial charge is 0.387 e. The first-order chi connectivity index (χ1) is 7.56. The van der Waals surface area contributed by atoms with E-state index in [2.05, 4.69) is 10.1 Å². The Balaban J connectivity index is 2.14. The van der Waals surface area contributed by atoms with Crippen LogP contribution in [0.2, 0.25) is 0 Å². The van der Waals surface area contributed by atoms with Gasteiger partial charge in [0, 0.05) is 19.7 Å². The Kier molecular flexibility index (Phi) is 3.07. The Hall–Kier alpha value is -1.20. The minimum atomic E-state index is -0.499. The first-order valence-corrected chi connectivity index (χ1v) is 5.98. The highest BCUT2D eigenvalue weighted by atomic mass is 32.1. The fourth-order valence-corrected chi connectivity index (χ4v) is 2.63.